The lowest BCUT2D eigenvalue weighted by Crippen LogP contribution is -2.39. The molecule has 23 heavy (non-hydrogen) atoms. The standard InChI is InChI=1S/C18H21FN2O2/c1-12-6-8-14(9-7-12)17(20)18(22)21-11-13(2)23-16-5-3-4-15(19)10-16/h3-10,13,17H,11,20H2,1-2H3,(H,21,22). The molecule has 0 fully saturated rings. The van der Waals surface area contributed by atoms with Crippen LogP contribution in [-0.2, 0) is 4.79 Å². The van der Waals surface area contributed by atoms with E-state index in [-0.39, 0.29) is 24.4 Å². The van der Waals surface area contributed by atoms with E-state index >= 15 is 0 Å². The number of aryl methyl sites for hydroxylation is 1. The molecule has 0 bridgehead atoms. The first-order chi connectivity index (χ1) is 11.0. The maximum absolute atomic E-state index is 13.1. The summed E-state index contributed by atoms with van der Waals surface area (Å²) < 4.78 is 18.6. The van der Waals surface area contributed by atoms with Crippen molar-refractivity contribution in [3.8, 4) is 5.75 Å². The van der Waals surface area contributed by atoms with Crippen LogP contribution in [0.4, 0.5) is 4.39 Å². The van der Waals surface area contributed by atoms with E-state index in [2.05, 4.69) is 5.32 Å². The smallest absolute Gasteiger partial charge is 0.241 e. The molecule has 122 valence electrons. The molecule has 3 N–H and O–H groups in total. The Balaban J connectivity index is 1.84. The molecule has 0 aromatic heterocycles. The fraction of sp³-hybridized carbons (Fsp3) is 0.278. The van der Waals surface area contributed by atoms with Gasteiger partial charge >= 0.3 is 0 Å². The Morgan fingerprint density at radius 2 is 1.96 bits per heavy atom. The zero-order chi connectivity index (χ0) is 16.8. The first-order valence-electron chi connectivity index (χ1n) is 7.48. The highest BCUT2D eigenvalue weighted by atomic mass is 19.1. The lowest BCUT2D eigenvalue weighted by atomic mass is 10.1. The lowest BCUT2D eigenvalue weighted by Gasteiger charge is -2.17. The number of hydrogen-bond donors (Lipinski definition) is 2. The van der Waals surface area contributed by atoms with E-state index in [1.807, 2.05) is 31.2 Å². The second kappa shape index (κ2) is 7.74. The van der Waals surface area contributed by atoms with Gasteiger partial charge in [-0.1, -0.05) is 35.9 Å². The highest BCUT2D eigenvalue weighted by molar-refractivity contribution is 5.82. The van der Waals surface area contributed by atoms with Gasteiger partial charge in [0.1, 0.15) is 23.7 Å². The minimum atomic E-state index is -0.725. The van der Waals surface area contributed by atoms with Gasteiger partial charge in [0.25, 0.3) is 0 Å². The van der Waals surface area contributed by atoms with E-state index in [1.165, 1.54) is 12.1 Å². The number of rotatable bonds is 6. The molecule has 0 saturated carbocycles. The number of hydrogen-bond acceptors (Lipinski definition) is 3. The molecule has 0 aliphatic heterocycles. The summed E-state index contributed by atoms with van der Waals surface area (Å²) >= 11 is 0. The highest BCUT2D eigenvalue weighted by Gasteiger charge is 2.16. The maximum Gasteiger partial charge on any atom is 0.241 e. The van der Waals surface area contributed by atoms with Gasteiger partial charge in [-0.25, -0.2) is 4.39 Å². The number of benzene rings is 2. The van der Waals surface area contributed by atoms with E-state index in [0.717, 1.165) is 11.1 Å². The van der Waals surface area contributed by atoms with E-state index in [0.29, 0.717) is 5.75 Å². The second-order valence-corrected chi connectivity index (χ2v) is 5.52. The minimum Gasteiger partial charge on any atom is -0.489 e. The van der Waals surface area contributed by atoms with Crippen LogP contribution in [-0.4, -0.2) is 18.6 Å². The van der Waals surface area contributed by atoms with Crippen molar-refractivity contribution >= 4 is 5.91 Å². The summed E-state index contributed by atoms with van der Waals surface area (Å²) in [5, 5.41) is 2.75. The van der Waals surface area contributed by atoms with Gasteiger partial charge in [-0.2, -0.15) is 0 Å². The third kappa shape index (κ3) is 5.07. The predicted molar refractivity (Wildman–Crippen MR) is 87.6 cm³/mol. The fourth-order valence-corrected chi connectivity index (χ4v) is 2.09. The van der Waals surface area contributed by atoms with Crippen molar-refractivity contribution in [2.75, 3.05) is 6.54 Å². The Kier molecular flexibility index (Phi) is 5.71. The fourth-order valence-electron chi connectivity index (χ4n) is 2.09. The zero-order valence-corrected chi connectivity index (χ0v) is 13.3. The zero-order valence-electron chi connectivity index (χ0n) is 13.3. The van der Waals surface area contributed by atoms with Crippen LogP contribution in [0.1, 0.15) is 24.1 Å². The lowest BCUT2D eigenvalue weighted by molar-refractivity contribution is -0.122. The molecule has 2 atom stereocenters. The summed E-state index contributed by atoms with van der Waals surface area (Å²) in [7, 11) is 0. The molecular formula is C18H21FN2O2. The molecule has 4 nitrogen and oxygen atoms in total. The Bertz CT molecular complexity index is 658. The van der Waals surface area contributed by atoms with Crippen LogP contribution in [0.2, 0.25) is 0 Å². The number of nitrogens with one attached hydrogen (secondary N) is 1. The number of carbonyl (C=O) groups excluding carboxylic acids is 1. The molecule has 2 aromatic carbocycles. The molecule has 2 aromatic rings. The summed E-state index contributed by atoms with van der Waals surface area (Å²) in [5.41, 5.74) is 7.81. The van der Waals surface area contributed by atoms with Gasteiger partial charge in [0, 0.05) is 6.07 Å². The maximum atomic E-state index is 13.1. The van der Waals surface area contributed by atoms with Crippen molar-refractivity contribution in [1.82, 2.24) is 5.32 Å². The topological polar surface area (TPSA) is 64.4 Å². The molecule has 0 heterocycles. The molecule has 0 saturated heterocycles. The van der Waals surface area contributed by atoms with Crippen molar-refractivity contribution in [3.05, 3.63) is 65.5 Å². The van der Waals surface area contributed by atoms with Crippen LogP contribution < -0.4 is 15.8 Å². The first kappa shape index (κ1) is 17.0. The molecule has 0 aliphatic carbocycles. The predicted octanol–water partition coefficient (Wildman–Crippen LogP) is 2.72. The average Bonchev–Trinajstić information content (AvgIpc) is 2.52. The van der Waals surface area contributed by atoms with Gasteiger partial charge in [-0.3, -0.25) is 4.79 Å². The van der Waals surface area contributed by atoms with E-state index in [1.54, 1.807) is 19.1 Å². The van der Waals surface area contributed by atoms with Gasteiger partial charge < -0.3 is 15.8 Å². The summed E-state index contributed by atoms with van der Waals surface area (Å²) in [6.45, 7) is 4.05. The molecule has 0 radical (unpaired) electrons. The molecule has 0 spiro atoms. The molecule has 1 amide bonds. The normalized spacial score (nSPS) is 13.2. The van der Waals surface area contributed by atoms with Crippen molar-refractivity contribution in [2.24, 2.45) is 5.73 Å². The third-order valence-electron chi connectivity index (χ3n) is 3.42. The van der Waals surface area contributed by atoms with Crippen molar-refractivity contribution in [3.63, 3.8) is 0 Å². The molecular weight excluding hydrogens is 295 g/mol. The van der Waals surface area contributed by atoms with Crippen LogP contribution in [0.3, 0.4) is 0 Å². The number of nitrogens with two attached hydrogens (primary N) is 1. The molecule has 0 aliphatic rings. The van der Waals surface area contributed by atoms with Crippen LogP contribution in [0.5, 0.6) is 5.75 Å². The average molecular weight is 316 g/mol. The van der Waals surface area contributed by atoms with Crippen LogP contribution in [0.25, 0.3) is 0 Å². The van der Waals surface area contributed by atoms with Gasteiger partial charge in [0.05, 0.1) is 6.54 Å². The molecule has 2 rings (SSSR count). The first-order valence-corrected chi connectivity index (χ1v) is 7.48. The summed E-state index contributed by atoms with van der Waals surface area (Å²) in [5.74, 6) is -0.210. The Morgan fingerprint density at radius 1 is 1.26 bits per heavy atom. The van der Waals surface area contributed by atoms with Crippen molar-refractivity contribution in [1.29, 1.82) is 0 Å². The SMILES string of the molecule is Cc1ccc(C(N)C(=O)NCC(C)Oc2cccc(F)c2)cc1. The van der Waals surface area contributed by atoms with Gasteiger partial charge in [0.2, 0.25) is 5.91 Å². The largest absolute Gasteiger partial charge is 0.489 e. The van der Waals surface area contributed by atoms with Crippen molar-refractivity contribution < 1.29 is 13.9 Å². The highest BCUT2D eigenvalue weighted by Crippen LogP contribution is 2.14. The van der Waals surface area contributed by atoms with Gasteiger partial charge in [-0.15, -0.1) is 0 Å². The Hall–Kier alpha value is -2.40. The van der Waals surface area contributed by atoms with E-state index < -0.39 is 6.04 Å². The number of carbonyl (C=O) groups is 1. The summed E-state index contributed by atoms with van der Waals surface area (Å²) in [6, 6.07) is 12.7. The quantitative estimate of drug-likeness (QED) is 0.861. The summed E-state index contributed by atoms with van der Waals surface area (Å²) in [6.07, 6.45) is -0.300. The van der Waals surface area contributed by atoms with Crippen LogP contribution in [0.15, 0.2) is 48.5 Å². The number of ether oxygens (including phenoxy) is 1. The van der Waals surface area contributed by atoms with Crippen LogP contribution >= 0.6 is 0 Å². The summed E-state index contributed by atoms with van der Waals surface area (Å²) in [4.78, 5) is 12.1. The Labute approximate surface area is 135 Å². The monoisotopic (exact) mass is 316 g/mol. The second-order valence-electron chi connectivity index (χ2n) is 5.52. The number of amides is 1. The third-order valence-corrected chi connectivity index (χ3v) is 3.42. The number of halogens is 1. The van der Waals surface area contributed by atoms with Gasteiger partial charge in [0.15, 0.2) is 0 Å². The van der Waals surface area contributed by atoms with Crippen molar-refractivity contribution in [2.45, 2.75) is 26.0 Å². The van der Waals surface area contributed by atoms with E-state index in [4.69, 9.17) is 10.5 Å². The minimum absolute atomic E-state index is 0.274. The molecule has 2 unspecified atom stereocenters. The van der Waals surface area contributed by atoms with E-state index in [9.17, 15) is 9.18 Å². The van der Waals surface area contributed by atoms with Crippen LogP contribution in [0, 0.1) is 12.7 Å². The van der Waals surface area contributed by atoms with Gasteiger partial charge in [-0.05, 0) is 31.5 Å². The molecule has 5 heteroatoms. The Morgan fingerprint density at radius 3 is 2.61 bits per heavy atom.